The summed E-state index contributed by atoms with van der Waals surface area (Å²) in [5, 5.41) is 3.43. The highest BCUT2D eigenvalue weighted by Crippen LogP contribution is 2.52. The predicted molar refractivity (Wildman–Crippen MR) is 151 cm³/mol. The second-order valence-electron chi connectivity index (χ2n) is 10.4. The lowest BCUT2D eigenvalue weighted by Gasteiger charge is -2.29. The zero-order valence-electron chi connectivity index (χ0n) is 22.4. The van der Waals surface area contributed by atoms with Gasteiger partial charge in [0.25, 0.3) is 0 Å². The fourth-order valence-corrected chi connectivity index (χ4v) is 6.53. The molecule has 3 atom stereocenters. The number of fused-ring (bicyclic) bond motifs is 1. The number of alkyl halides is 3. The van der Waals surface area contributed by atoms with Gasteiger partial charge in [-0.2, -0.15) is 21.6 Å². The third-order valence-electron chi connectivity index (χ3n) is 7.95. The molecule has 0 aliphatic carbocycles. The minimum Gasteiger partial charge on any atom is -0.376 e. The lowest BCUT2D eigenvalue weighted by molar-refractivity contribution is -0.0500. The molecule has 0 saturated carbocycles. The minimum atomic E-state index is -5.85. The van der Waals surface area contributed by atoms with Gasteiger partial charge in [0.05, 0.1) is 30.0 Å². The van der Waals surface area contributed by atoms with E-state index in [0.717, 1.165) is 58.8 Å². The highest BCUT2D eigenvalue weighted by molar-refractivity contribution is 7.88. The summed E-state index contributed by atoms with van der Waals surface area (Å²) in [6.07, 6.45) is 3.97. The van der Waals surface area contributed by atoms with Gasteiger partial charge in [0.2, 0.25) is 0 Å². The Balaban J connectivity index is 1.40. The van der Waals surface area contributed by atoms with Gasteiger partial charge in [-0.05, 0) is 73.7 Å². The molecule has 1 aromatic heterocycles. The summed E-state index contributed by atoms with van der Waals surface area (Å²) in [5.74, 6) is 0.591. The number of rotatable bonds is 6. The van der Waals surface area contributed by atoms with Crippen LogP contribution >= 0.6 is 0 Å². The molecule has 2 aliphatic heterocycles. The number of imidazole rings is 1. The van der Waals surface area contributed by atoms with Gasteiger partial charge in [0.15, 0.2) is 0 Å². The average molecular weight is 583 g/mol. The number of para-hydroxylation sites is 1. The molecule has 11 heteroatoms. The Bertz CT molecular complexity index is 1670. The van der Waals surface area contributed by atoms with Crippen LogP contribution in [0.15, 0.2) is 72.9 Å². The molecule has 3 heterocycles. The molecule has 7 nitrogen and oxygen atoms in total. The second kappa shape index (κ2) is 10.2. The number of aromatic amines is 1. The van der Waals surface area contributed by atoms with E-state index < -0.39 is 21.7 Å². The lowest BCUT2D eigenvalue weighted by Crippen LogP contribution is -2.28. The van der Waals surface area contributed by atoms with Crippen LogP contribution in [-0.4, -0.2) is 30.4 Å². The van der Waals surface area contributed by atoms with Crippen LogP contribution in [-0.2, 0) is 10.1 Å². The van der Waals surface area contributed by atoms with Crippen LogP contribution in [0, 0.1) is 0 Å². The van der Waals surface area contributed by atoms with Crippen molar-refractivity contribution in [3.8, 4) is 28.1 Å². The van der Waals surface area contributed by atoms with E-state index in [-0.39, 0.29) is 17.8 Å². The van der Waals surface area contributed by atoms with Crippen molar-refractivity contribution in [2.24, 2.45) is 0 Å². The second-order valence-corrected chi connectivity index (χ2v) is 12.0. The van der Waals surface area contributed by atoms with Gasteiger partial charge >= 0.3 is 15.6 Å². The fourth-order valence-electron chi connectivity index (χ4n) is 6.06. The van der Waals surface area contributed by atoms with E-state index in [9.17, 15) is 21.6 Å². The van der Waals surface area contributed by atoms with E-state index in [1.807, 2.05) is 74.6 Å². The number of H-pyrrole nitrogens is 1. The maximum Gasteiger partial charge on any atom is 0.534 e. The first kappa shape index (κ1) is 27.3. The average Bonchev–Trinajstić information content (AvgIpc) is 3.70. The van der Waals surface area contributed by atoms with E-state index in [1.54, 1.807) is 6.07 Å². The lowest BCUT2D eigenvalue weighted by atomic mass is 9.91. The van der Waals surface area contributed by atoms with E-state index in [2.05, 4.69) is 20.2 Å². The number of benzene rings is 3. The first-order chi connectivity index (χ1) is 19.5. The molecule has 3 aromatic carbocycles. The molecule has 2 N–H and O–H groups in total. The molecule has 3 unspecified atom stereocenters. The molecule has 0 bridgehead atoms. The topological polar surface area (TPSA) is 87.3 Å². The molecular formula is C30H29F3N4O3S. The smallest absolute Gasteiger partial charge is 0.376 e. The third kappa shape index (κ3) is 4.87. The van der Waals surface area contributed by atoms with Crippen LogP contribution in [0.1, 0.15) is 61.8 Å². The molecule has 0 radical (unpaired) electrons. The quantitative estimate of drug-likeness (QED) is 0.187. The normalized spacial score (nSPS) is 20.8. The van der Waals surface area contributed by atoms with Crippen LogP contribution < -0.4 is 14.4 Å². The van der Waals surface area contributed by atoms with Crippen molar-refractivity contribution >= 4 is 15.8 Å². The van der Waals surface area contributed by atoms with Crippen molar-refractivity contribution in [3.63, 3.8) is 0 Å². The first-order valence-electron chi connectivity index (χ1n) is 13.4. The molecule has 1 saturated heterocycles. The molecule has 4 aromatic rings. The van der Waals surface area contributed by atoms with Crippen LogP contribution in [0.4, 0.5) is 18.9 Å². The van der Waals surface area contributed by atoms with Gasteiger partial charge in [-0.15, -0.1) is 0 Å². The minimum absolute atomic E-state index is 0.226. The van der Waals surface area contributed by atoms with Crippen LogP contribution in [0.25, 0.3) is 22.4 Å². The highest BCUT2D eigenvalue weighted by Gasteiger charge is 2.49. The summed E-state index contributed by atoms with van der Waals surface area (Å²) in [7, 11) is -5.85. The van der Waals surface area contributed by atoms with Crippen LogP contribution in [0.2, 0.25) is 0 Å². The van der Waals surface area contributed by atoms with Crippen LogP contribution in [0.5, 0.6) is 5.75 Å². The molecule has 0 amide bonds. The van der Waals surface area contributed by atoms with E-state index in [0.29, 0.717) is 5.56 Å². The summed E-state index contributed by atoms with van der Waals surface area (Å²) < 4.78 is 68.5. The Morgan fingerprint density at radius 1 is 0.927 bits per heavy atom. The van der Waals surface area contributed by atoms with Crippen molar-refractivity contribution in [1.82, 2.24) is 15.3 Å². The molecule has 0 spiro atoms. The monoisotopic (exact) mass is 582 g/mol. The molecule has 41 heavy (non-hydrogen) atoms. The van der Waals surface area contributed by atoms with Gasteiger partial charge in [-0.3, -0.25) is 0 Å². The number of nitrogens with zero attached hydrogens (tertiary/aromatic N) is 2. The summed E-state index contributed by atoms with van der Waals surface area (Å²) in [6.45, 7) is 4.77. The van der Waals surface area contributed by atoms with E-state index in [1.165, 1.54) is 6.07 Å². The Morgan fingerprint density at radius 2 is 1.61 bits per heavy atom. The molecular weight excluding hydrogens is 553 g/mol. The number of anilines is 1. The number of nitrogens with one attached hydrogen (secondary N) is 2. The number of halogens is 3. The van der Waals surface area contributed by atoms with Gasteiger partial charge in [-0.25, -0.2) is 4.98 Å². The summed E-state index contributed by atoms with van der Waals surface area (Å²) >= 11 is 0. The van der Waals surface area contributed by atoms with Crippen molar-refractivity contribution < 1.29 is 25.8 Å². The molecule has 6 rings (SSSR count). The molecule has 2 aliphatic rings. The number of hydrogen-bond donors (Lipinski definition) is 2. The maximum absolute atomic E-state index is 13.3. The summed E-state index contributed by atoms with van der Waals surface area (Å²) in [5.41, 5.74) is -0.0570. The maximum atomic E-state index is 13.3. The Kier molecular flexibility index (Phi) is 6.82. The van der Waals surface area contributed by atoms with E-state index in [4.69, 9.17) is 4.18 Å². The fraction of sp³-hybridized carbons (Fsp3) is 0.300. The molecule has 1 fully saturated rings. The zero-order valence-corrected chi connectivity index (χ0v) is 23.3. The number of aromatic nitrogens is 2. The van der Waals surface area contributed by atoms with Crippen molar-refractivity contribution in [2.45, 2.75) is 50.3 Å². The van der Waals surface area contributed by atoms with Crippen molar-refractivity contribution in [3.05, 3.63) is 89.9 Å². The first-order valence-corrected chi connectivity index (χ1v) is 14.9. The van der Waals surface area contributed by atoms with Crippen molar-refractivity contribution in [2.75, 3.05) is 11.4 Å². The van der Waals surface area contributed by atoms with Gasteiger partial charge in [-0.1, -0.05) is 48.5 Å². The van der Waals surface area contributed by atoms with Crippen molar-refractivity contribution in [1.29, 1.82) is 0 Å². The Labute approximate surface area is 236 Å². The van der Waals surface area contributed by atoms with Gasteiger partial charge in [0, 0.05) is 11.3 Å². The SMILES string of the molecule is CC1c2c(OS(=O)(=O)C(F)(F)F)ccc(-c3ccc(-c4cnc(C5CCCN5)[nH]4)cc3)c2C(C)N1c1ccccc1. The molecule has 214 valence electrons. The predicted octanol–water partition coefficient (Wildman–Crippen LogP) is 7.04. The Morgan fingerprint density at radius 3 is 2.27 bits per heavy atom. The van der Waals surface area contributed by atoms with E-state index >= 15 is 0 Å². The zero-order chi connectivity index (χ0) is 28.9. The largest absolute Gasteiger partial charge is 0.534 e. The Hall–Kier alpha value is -3.83. The highest BCUT2D eigenvalue weighted by atomic mass is 32.2. The summed E-state index contributed by atoms with van der Waals surface area (Å²) in [6, 6.07) is 19.8. The van der Waals surface area contributed by atoms with Gasteiger partial charge < -0.3 is 19.4 Å². The number of hydrogen-bond acceptors (Lipinski definition) is 6. The van der Waals surface area contributed by atoms with Crippen LogP contribution in [0.3, 0.4) is 0 Å². The van der Waals surface area contributed by atoms with Gasteiger partial charge in [0.1, 0.15) is 11.6 Å². The standard InChI is InChI=1S/C30H29F3N4O3S/c1-18-27-23(20-10-12-21(13-11-20)25-17-35-29(36-25)24-9-6-16-34-24)14-15-26(40-41(38,39)30(31,32)33)28(27)19(2)37(18)22-7-4-3-5-8-22/h3-5,7-8,10-15,17-19,24,34H,6,9,16H2,1-2H3,(H,35,36). The third-order valence-corrected chi connectivity index (χ3v) is 8.91. The summed E-state index contributed by atoms with van der Waals surface area (Å²) in [4.78, 5) is 10.0.